The van der Waals surface area contributed by atoms with Crippen LogP contribution in [0.3, 0.4) is 0 Å². The lowest BCUT2D eigenvalue weighted by Crippen LogP contribution is -2.51. The van der Waals surface area contributed by atoms with Gasteiger partial charge >= 0.3 is 12.2 Å². The third-order valence-electron chi connectivity index (χ3n) is 7.84. The van der Waals surface area contributed by atoms with Gasteiger partial charge in [0, 0.05) is 6.54 Å². The standard InChI is InChI=1S/C23H31N3O3.C17H17N3O4/c1-15-12-19(27)13-16(2)20(15)14-21(24)23(29)26-17(3)22(28)25-11-7-10-18-8-5-4-6-9-18;18-15(19-16(21)23-11-13-7-3-1-4-8-13)20-17(22)24-12-14-9-5-2-6-10-14/h4-6,8-9,12-13,17,21,27H,7,10-11,14,24H2,1-3H3,(H,25,28)(H,26,29);1-10H,11-12H2,(H3,18,19,20,21,22). The number of nitrogens with zero attached hydrogens (tertiary/aromatic N) is 1. The lowest BCUT2D eigenvalue weighted by molar-refractivity contribution is -0.129. The molecule has 0 fully saturated rings. The zero-order valence-corrected chi connectivity index (χ0v) is 30.2. The lowest BCUT2D eigenvalue weighted by atomic mass is 9.96. The fourth-order valence-corrected chi connectivity index (χ4v) is 5.03. The maximum Gasteiger partial charge on any atom is 0.437 e. The molecule has 0 saturated heterocycles. The van der Waals surface area contributed by atoms with Crippen LogP contribution in [0, 0.1) is 13.8 Å². The molecule has 0 bridgehead atoms. The van der Waals surface area contributed by atoms with Crippen molar-refractivity contribution < 1.29 is 33.8 Å². The summed E-state index contributed by atoms with van der Waals surface area (Å²) in [6.45, 7) is 6.09. The van der Waals surface area contributed by atoms with Gasteiger partial charge in [-0.15, -0.1) is 4.99 Å². The van der Waals surface area contributed by atoms with Gasteiger partial charge in [-0.25, -0.2) is 9.59 Å². The van der Waals surface area contributed by atoms with Crippen LogP contribution >= 0.6 is 0 Å². The number of phenols is 1. The lowest BCUT2D eigenvalue weighted by Gasteiger charge is -2.19. The fourth-order valence-electron chi connectivity index (χ4n) is 5.03. The van der Waals surface area contributed by atoms with E-state index in [9.17, 15) is 24.3 Å². The molecule has 0 aliphatic carbocycles. The van der Waals surface area contributed by atoms with Gasteiger partial charge in [0.1, 0.15) is 25.0 Å². The van der Waals surface area contributed by atoms with E-state index in [-0.39, 0.29) is 30.8 Å². The largest absolute Gasteiger partial charge is 0.508 e. The second-order valence-corrected chi connectivity index (χ2v) is 12.2. The summed E-state index contributed by atoms with van der Waals surface area (Å²) < 4.78 is 9.86. The van der Waals surface area contributed by atoms with Crippen molar-refractivity contribution >= 4 is 30.0 Å². The molecule has 4 aromatic rings. The molecule has 0 saturated carbocycles. The quantitative estimate of drug-likeness (QED) is 0.0641. The van der Waals surface area contributed by atoms with Gasteiger partial charge < -0.3 is 36.7 Å². The summed E-state index contributed by atoms with van der Waals surface area (Å²) in [5.41, 5.74) is 17.1. The number of benzene rings is 4. The number of aliphatic imine (C=N–C) groups is 1. The molecular formula is C40H48N6O7. The van der Waals surface area contributed by atoms with E-state index in [0.29, 0.717) is 13.0 Å². The number of nitrogens with one attached hydrogen (secondary N) is 3. The number of aromatic hydroxyl groups is 1. The minimum Gasteiger partial charge on any atom is -0.508 e. The van der Waals surface area contributed by atoms with Crippen LogP contribution in [0.1, 0.15) is 46.7 Å². The van der Waals surface area contributed by atoms with E-state index in [0.717, 1.165) is 40.7 Å². The molecule has 13 heteroatoms. The van der Waals surface area contributed by atoms with E-state index in [4.69, 9.17) is 20.9 Å². The number of amides is 4. The summed E-state index contributed by atoms with van der Waals surface area (Å²) in [5.74, 6) is -0.801. The van der Waals surface area contributed by atoms with Gasteiger partial charge in [-0.2, -0.15) is 0 Å². The number of aryl methyl sites for hydroxylation is 3. The predicted octanol–water partition coefficient (Wildman–Crippen LogP) is 4.70. The highest BCUT2D eigenvalue weighted by molar-refractivity contribution is 5.97. The van der Waals surface area contributed by atoms with Crippen molar-refractivity contribution in [1.29, 1.82) is 0 Å². The third-order valence-corrected chi connectivity index (χ3v) is 7.84. The van der Waals surface area contributed by atoms with Crippen molar-refractivity contribution in [2.45, 2.75) is 65.3 Å². The van der Waals surface area contributed by atoms with Crippen LogP contribution in [0.2, 0.25) is 0 Å². The van der Waals surface area contributed by atoms with Gasteiger partial charge in [0.25, 0.3) is 0 Å². The average Bonchev–Trinajstić information content (AvgIpc) is 3.14. The van der Waals surface area contributed by atoms with Gasteiger partial charge in [-0.3, -0.25) is 14.9 Å². The second-order valence-electron chi connectivity index (χ2n) is 12.2. The minimum absolute atomic E-state index is 0.0644. The normalized spacial score (nSPS) is 11.9. The van der Waals surface area contributed by atoms with Crippen molar-refractivity contribution in [3.05, 3.63) is 137 Å². The monoisotopic (exact) mass is 724 g/mol. The van der Waals surface area contributed by atoms with Crippen molar-refractivity contribution in [3.8, 4) is 5.75 Å². The number of nitrogens with two attached hydrogens (primary N) is 2. The van der Waals surface area contributed by atoms with Gasteiger partial charge in [0.2, 0.25) is 17.8 Å². The molecule has 0 aliphatic heterocycles. The molecule has 13 nitrogen and oxygen atoms in total. The Hall–Kier alpha value is -6.21. The van der Waals surface area contributed by atoms with Crippen LogP contribution in [0.5, 0.6) is 5.75 Å². The first-order valence-electron chi connectivity index (χ1n) is 17.1. The minimum atomic E-state index is -0.903. The molecule has 2 unspecified atom stereocenters. The van der Waals surface area contributed by atoms with Crippen LogP contribution < -0.4 is 27.4 Å². The van der Waals surface area contributed by atoms with Crippen LogP contribution in [0.4, 0.5) is 9.59 Å². The van der Waals surface area contributed by atoms with E-state index in [1.54, 1.807) is 31.2 Å². The molecule has 4 amide bonds. The van der Waals surface area contributed by atoms with E-state index < -0.39 is 30.2 Å². The van der Waals surface area contributed by atoms with Crippen molar-refractivity contribution in [2.24, 2.45) is 16.5 Å². The van der Waals surface area contributed by atoms with Crippen LogP contribution in [-0.4, -0.2) is 53.7 Å². The second kappa shape index (κ2) is 21.9. The highest BCUT2D eigenvalue weighted by atomic mass is 16.6. The summed E-state index contributed by atoms with van der Waals surface area (Å²) in [4.78, 5) is 51.1. The highest BCUT2D eigenvalue weighted by Gasteiger charge is 2.21. The molecule has 8 N–H and O–H groups in total. The van der Waals surface area contributed by atoms with Gasteiger partial charge in [0.15, 0.2) is 0 Å². The van der Waals surface area contributed by atoms with E-state index in [2.05, 4.69) is 33.1 Å². The Kier molecular flexibility index (Phi) is 17.0. The average molecular weight is 725 g/mol. The maximum atomic E-state index is 12.4. The van der Waals surface area contributed by atoms with E-state index >= 15 is 0 Å². The highest BCUT2D eigenvalue weighted by Crippen LogP contribution is 2.21. The number of carbonyl (C=O) groups is 4. The first-order chi connectivity index (χ1) is 25.4. The molecule has 4 rings (SSSR count). The van der Waals surface area contributed by atoms with Gasteiger partial charge in [0.05, 0.1) is 6.04 Å². The van der Waals surface area contributed by atoms with Crippen molar-refractivity contribution in [3.63, 3.8) is 0 Å². The number of carbonyl (C=O) groups excluding carboxylic acids is 4. The van der Waals surface area contributed by atoms with Crippen LogP contribution in [0.15, 0.2) is 108 Å². The number of hydrogen-bond donors (Lipinski definition) is 6. The summed E-state index contributed by atoms with van der Waals surface area (Å²) in [7, 11) is 0. The van der Waals surface area contributed by atoms with E-state index in [1.165, 1.54) is 5.56 Å². The Morgan fingerprint density at radius 1 is 0.774 bits per heavy atom. The Morgan fingerprint density at radius 2 is 1.28 bits per heavy atom. The smallest absolute Gasteiger partial charge is 0.437 e. The molecular weight excluding hydrogens is 676 g/mol. The Balaban J connectivity index is 0.000000290. The zero-order chi connectivity index (χ0) is 38.6. The predicted molar refractivity (Wildman–Crippen MR) is 203 cm³/mol. The first-order valence-corrected chi connectivity index (χ1v) is 17.1. The fraction of sp³-hybridized carbons (Fsp3) is 0.275. The first kappa shape index (κ1) is 41.2. The summed E-state index contributed by atoms with van der Waals surface area (Å²) in [5, 5.41) is 17.3. The number of phenolic OH excluding ortho intramolecular Hbond substituents is 1. The Labute approximate surface area is 309 Å². The van der Waals surface area contributed by atoms with Crippen LogP contribution in [0.25, 0.3) is 0 Å². The molecule has 4 aromatic carbocycles. The molecule has 2 atom stereocenters. The molecule has 0 aliphatic rings. The molecule has 280 valence electrons. The topological polar surface area (TPSA) is 207 Å². The Bertz CT molecular complexity index is 1780. The molecule has 0 aromatic heterocycles. The number of hydrogen-bond acceptors (Lipinski definition) is 8. The molecule has 0 spiro atoms. The van der Waals surface area contributed by atoms with Crippen molar-refractivity contribution in [2.75, 3.05) is 6.54 Å². The summed E-state index contributed by atoms with van der Waals surface area (Å²) >= 11 is 0. The number of ether oxygens (including phenoxy) is 2. The summed E-state index contributed by atoms with van der Waals surface area (Å²) in [6.07, 6.45) is 0.346. The van der Waals surface area contributed by atoms with Gasteiger partial charge in [-0.1, -0.05) is 91.0 Å². The molecule has 53 heavy (non-hydrogen) atoms. The zero-order valence-electron chi connectivity index (χ0n) is 30.2. The van der Waals surface area contributed by atoms with Gasteiger partial charge in [-0.05, 0) is 85.5 Å². The SMILES string of the molecule is Cc1cc(O)cc(C)c1CC(N)C(=O)NC(C)C(=O)NCCCc1ccccc1.N/C(=N\C(=O)OCc1ccccc1)NC(=O)OCc1ccccc1. The van der Waals surface area contributed by atoms with E-state index in [1.807, 2.05) is 80.6 Å². The summed E-state index contributed by atoms with van der Waals surface area (Å²) in [6, 6.07) is 30.2. The molecule has 0 radical (unpaired) electrons. The Morgan fingerprint density at radius 3 is 1.83 bits per heavy atom. The maximum absolute atomic E-state index is 12.4. The number of guanidine groups is 1. The van der Waals surface area contributed by atoms with Crippen molar-refractivity contribution in [1.82, 2.24) is 16.0 Å². The third kappa shape index (κ3) is 15.7. The van der Waals surface area contributed by atoms with Crippen LogP contribution in [-0.2, 0) is 45.1 Å². The molecule has 0 heterocycles. The number of alkyl carbamates (subject to hydrolysis) is 1. The number of rotatable bonds is 13.